The average molecular weight is 490 g/mol. The summed E-state index contributed by atoms with van der Waals surface area (Å²) in [5, 5.41) is 7.48. The van der Waals surface area contributed by atoms with Crippen molar-refractivity contribution in [3.63, 3.8) is 0 Å². The second-order valence-electron chi connectivity index (χ2n) is 5.35. The summed E-state index contributed by atoms with van der Waals surface area (Å²) in [5.41, 5.74) is 0. The normalized spacial score (nSPS) is 12.5. The van der Waals surface area contributed by atoms with Crippen LogP contribution in [-0.4, -0.2) is 37.4 Å². The summed E-state index contributed by atoms with van der Waals surface area (Å²) in [6.07, 6.45) is 1.87. The predicted molar refractivity (Wildman–Crippen MR) is 113 cm³/mol. The van der Waals surface area contributed by atoms with Gasteiger partial charge in [0.2, 0.25) is 6.79 Å². The maximum absolute atomic E-state index is 5.73. The smallest absolute Gasteiger partial charge is 0.231 e. The molecular weight excluding hydrogens is 467 g/mol. The average Bonchev–Trinajstić information content (AvgIpc) is 3.24. The van der Waals surface area contributed by atoms with Gasteiger partial charge in [0.15, 0.2) is 17.5 Å². The number of thiazole rings is 1. The van der Waals surface area contributed by atoms with Gasteiger partial charge in [0, 0.05) is 23.7 Å². The summed E-state index contributed by atoms with van der Waals surface area (Å²) >= 11 is 1.66. The number of hydrogen-bond donors (Lipinski definition) is 2. The van der Waals surface area contributed by atoms with E-state index in [1.807, 2.05) is 38.2 Å². The number of nitrogens with zero attached hydrogens (tertiary/aromatic N) is 2. The Bertz CT molecular complexity index is 739. The van der Waals surface area contributed by atoms with Crippen LogP contribution in [0.2, 0.25) is 0 Å². The molecule has 0 radical (unpaired) electrons. The minimum absolute atomic E-state index is 0. The van der Waals surface area contributed by atoms with Gasteiger partial charge in [-0.1, -0.05) is 0 Å². The van der Waals surface area contributed by atoms with Crippen molar-refractivity contribution >= 4 is 41.3 Å². The van der Waals surface area contributed by atoms with E-state index in [2.05, 4.69) is 20.6 Å². The fourth-order valence-corrected chi connectivity index (χ4v) is 2.98. The Hall–Kier alpha value is -1.75. The number of halogens is 1. The first-order valence-corrected chi connectivity index (χ1v) is 9.02. The number of aliphatic imine (C=N–C) groups is 1. The fraction of sp³-hybridized carbons (Fsp3) is 0.412. The molecule has 142 valence electrons. The lowest BCUT2D eigenvalue weighted by molar-refractivity contribution is 0.173. The molecule has 0 amide bonds. The van der Waals surface area contributed by atoms with Gasteiger partial charge in [-0.05, 0) is 26.0 Å². The van der Waals surface area contributed by atoms with Gasteiger partial charge in [0.05, 0.1) is 13.1 Å². The lowest BCUT2D eigenvalue weighted by atomic mass is 10.3. The van der Waals surface area contributed by atoms with E-state index in [4.69, 9.17) is 14.2 Å². The van der Waals surface area contributed by atoms with E-state index in [-0.39, 0.29) is 30.8 Å². The number of guanidine groups is 1. The Morgan fingerprint density at radius 1 is 1.31 bits per heavy atom. The third-order valence-electron chi connectivity index (χ3n) is 3.39. The topological polar surface area (TPSA) is 77.0 Å². The molecule has 0 aliphatic carbocycles. The van der Waals surface area contributed by atoms with Crippen LogP contribution in [-0.2, 0) is 6.54 Å². The Morgan fingerprint density at radius 2 is 2.15 bits per heavy atom. The first-order chi connectivity index (χ1) is 12.2. The summed E-state index contributed by atoms with van der Waals surface area (Å²) in [6, 6.07) is 5.57. The van der Waals surface area contributed by atoms with Crippen LogP contribution in [0.15, 0.2) is 29.4 Å². The van der Waals surface area contributed by atoms with Gasteiger partial charge in [-0.2, -0.15) is 0 Å². The van der Waals surface area contributed by atoms with E-state index in [1.54, 1.807) is 11.3 Å². The number of rotatable bonds is 7. The molecule has 9 heteroatoms. The Morgan fingerprint density at radius 3 is 2.92 bits per heavy atom. The number of nitrogens with one attached hydrogen (secondary N) is 2. The third-order valence-corrected chi connectivity index (χ3v) is 4.29. The molecule has 0 fully saturated rings. The van der Waals surface area contributed by atoms with Crippen LogP contribution in [0.25, 0.3) is 0 Å². The van der Waals surface area contributed by atoms with Gasteiger partial charge in [-0.3, -0.25) is 0 Å². The first kappa shape index (κ1) is 20.6. The van der Waals surface area contributed by atoms with Crippen molar-refractivity contribution in [3.8, 4) is 17.2 Å². The monoisotopic (exact) mass is 490 g/mol. The molecule has 0 bridgehead atoms. The second-order valence-corrected chi connectivity index (χ2v) is 6.67. The molecule has 0 saturated carbocycles. The van der Waals surface area contributed by atoms with Crippen LogP contribution in [0.5, 0.6) is 17.2 Å². The van der Waals surface area contributed by atoms with Gasteiger partial charge >= 0.3 is 0 Å². The molecule has 2 N–H and O–H groups in total. The van der Waals surface area contributed by atoms with Crippen LogP contribution in [0.1, 0.15) is 16.8 Å². The Balaban J connectivity index is 0.00000243. The lowest BCUT2D eigenvalue weighted by Gasteiger charge is -2.12. The molecule has 0 saturated heterocycles. The number of aromatic nitrogens is 1. The zero-order valence-electron chi connectivity index (χ0n) is 14.8. The third kappa shape index (κ3) is 5.90. The standard InChI is InChI=1S/C17H22N4O3S.HI/c1-3-18-17(21-10-16-20-9-12(2)25-16)19-6-7-22-13-4-5-14-15(8-13)24-11-23-14;/h4-5,8-9H,3,6-7,10-11H2,1-2H3,(H2,18,19,21);1H. The van der Waals surface area contributed by atoms with Crippen molar-refractivity contribution in [2.45, 2.75) is 20.4 Å². The summed E-state index contributed by atoms with van der Waals surface area (Å²) in [6.45, 7) is 6.86. The van der Waals surface area contributed by atoms with Crippen molar-refractivity contribution in [3.05, 3.63) is 34.3 Å². The largest absolute Gasteiger partial charge is 0.492 e. The Kier molecular flexibility index (Phi) is 8.23. The van der Waals surface area contributed by atoms with Gasteiger partial charge in [-0.15, -0.1) is 35.3 Å². The molecule has 1 aliphatic rings. The van der Waals surface area contributed by atoms with Gasteiger partial charge in [0.1, 0.15) is 17.4 Å². The van der Waals surface area contributed by atoms with Crippen molar-refractivity contribution in [1.29, 1.82) is 0 Å². The molecular formula is C17H23IN4O3S. The molecule has 7 nitrogen and oxygen atoms in total. The van der Waals surface area contributed by atoms with Crippen LogP contribution in [0.4, 0.5) is 0 Å². The zero-order valence-corrected chi connectivity index (χ0v) is 17.9. The quantitative estimate of drug-likeness (QED) is 0.269. The Labute approximate surface area is 174 Å². The van der Waals surface area contributed by atoms with E-state index < -0.39 is 0 Å². The van der Waals surface area contributed by atoms with Gasteiger partial charge < -0.3 is 24.8 Å². The maximum Gasteiger partial charge on any atom is 0.231 e. The molecule has 0 atom stereocenters. The van der Waals surface area contributed by atoms with E-state index in [1.165, 1.54) is 4.88 Å². The highest BCUT2D eigenvalue weighted by Gasteiger charge is 2.13. The molecule has 3 rings (SSSR count). The summed E-state index contributed by atoms with van der Waals surface area (Å²) in [7, 11) is 0. The van der Waals surface area contributed by atoms with Crippen molar-refractivity contribution in [2.75, 3.05) is 26.5 Å². The number of hydrogen-bond acceptors (Lipinski definition) is 6. The number of ether oxygens (including phenoxy) is 3. The molecule has 26 heavy (non-hydrogen) atoms. The van der Waals surface area contributed by atoms with Crippen LogP contribution < -0.4 is 24.8 Å². The molecule has 2 heterocycles. The molecule has 0 unspecified atom stereocenters. The minimum atomic E-state index is 0. The molecule has 0 spiro atoms. The lowest BCUT2D eigenvalue weighted by Crippen LogP contribution is -2.39. The van der Waals surface area contributed by atoms with Crippen LogP contribution in [0, 0.1) is 6.92 Å². The van der Waals surface area contributed by atoms with Crippen LogP contribution in [0.3, 0.4) is 0 Å². The van der Waals surface area contributed by atoms with E-state index in [0.29, 0.717) is 19.7 Å². The molecule has 2 aromatic rings. The highest BCUT2D eigenvalue weighted by atomic mass is 127. The van der Waals surface area contributed by atoms with Gasteiger partial charge in [-0.25, -0.2) is 9.98 Å². The number of fused-ring (bicyclic) bond motifs is 1. The number of benzene rings is 1. The fourth-order valence-electron chi connectivity index (χ4n) is 2.27. The van der Waals surface area contributed by atoms with Crippen molar-refractivity contribution in [2.24, 2.45) is 4.99 Å². The van der Waals surface area contributed by atoms with Crippen molar-refractivity contribution in [1.82, 2.24) is 15.6 Å². The zero-order chi connectivity index (χ0) is 17.5. The maximum atomic E-state index is 5.73. The summed E-state index contributed by atoms with van der Waals surface area (Å²) < 4.78 is 16.4. The highest BCUT2D eigenvalue weighted by Crippen LogP contribution is 2.34. The molecule has 1 aromatic heterocycles. The molecule has 1 aromatic carbocycles. The van der Waals surface area contributed by atoms with E-state index >= 15 is 0 Å². The van der Waals surface area contributed by atoms with Crippen LogP contribution >= 0.6 is 35.3 Å². The summed E-state index contributed by atoms with van der Waals surface area (Å²) in [5.74, 6) is 2.99. The van der Waals surface area contributed by atoms with Crippen molar-refractivity contribution < 1.29 is 14.2 Å². The minimum Gasteiger partial charge on any atom is -0.492 e. The number of aryl methyl sites for hydroxylation is 1. The summed E-state index contributed by atoms with van der Waals surface area (Å²) in [4.78, 5) is 10.1. The van der Waals surface area contributed by atoms with E-state index in [9.17, 15) is 0 Å². The second kappa shape index (κ2) is 10.4. The predicted octanol–water partition coefficient (Wildman–Crippen LogP) is 2.93. The van der Waals surface area contributed by atoms with Gasteiger partial charge in [0.25, 0.3) is 0 Å². The SMILES string of the molecule is CCNC(=NCc1ncc(C)s1)NCCOc1ccc2c(c1)OCO2.I. The molecule has 1 aliphatic heterocycles. The highest BCUT2D eigenvalue weighted by molar-refractivity contribution is 14.0. The van der Waals surface area contributed by atoms with E-state index in [0.717, 1.165) is 34.8 Å². The first-order valence-electron chi connectivity index (χ1n) is 8.20.